The molecule has 0 amide bonds. The van der Waals surface area contributed by atoms with E-state index < -0.39 is 11.7 Å². The van der Waals surface area contributed by atoms with Gasteiger partial charge in [0.2, 0.25) is 5.52 Å². The number of hydrogen-bond acceptors (Lipinski definition) is 0. The molecule has 2 nitrogen and oxygen atoms in total. The zero-order chi connectivity index (χ0) is 11.1. The zero-order valence-electron chi connectivity index (χ0n) is 7.97. The highest BCUT2D eigenvalue weighted by Crippen LogP contribution is 2.30. The molecule has 0 aliphatic rings. The molecule has 0 spiro atoms. The predicted octanol–water partition coefficient (Wildman–Crippen LogP) is 2.08. The number of hydrogen-bond donors (Lipinski definition) is 0. The molecule has 1 heterocycles. The monoisotopic (exact) mass is 213 g/mol. The van der Waals surface area contributed by atoms with E-state index in [1.54, 1.807) is 4.57 Å². The van der Waals surface area contributed by atoms with Crippen molar-refractivity contribution < 1.29 is 18.2 Å². The van der Waals surface area contributed by atoms with Crippen LogP contribution in [0.4, 0.5) is 13.2 Å². The van der Waals surface area contributed by atoms with Crippen molar-refractivity contribution in [2.75, 3.05) is 0 Å². The van der Waals surface area contributed by atoms with E-state index in [4.69, 9.17) is 0 Å². The zero-order valence-corrected chi connectivity index (χ0v) is 7.97. The number of halogens is 3. The molecular weight excluding hydrogens is 205 g/mol. The fourth-order valence-corrected chi connectivity index (χ4v) is 1.42. The lowest BCUT2D eigenvalue weighted by Gasteiger charge is -2.04. The highest BCUT2D eigenvalue weighted by molar-refractivity contribution is 5.72. The smallest absolute Gasteiger partial charge is 0.169 e. The maximum absolute atomic E-state index is 12.4. The summed E-state index contributed by atoms with van der Waals surface area (Å²) in [5.41, 5.74) is 0.343. The van der Waals surface area contributed by atoms with E-state index in [1.807, 2.05) is 6.92 Å². The average molecular weight is 213 g/mol. The summed E-state index contributed by atoms with van der Waals surface area (Å²) in [6.07, 6.45) is -1.67. The highest BCUT2D eigenvalue weighted by atomic mass is 19.4. The minimum absolute atomic E-state index is 0.465. The van der Waals surface area contributed by atoms with E-state index in [0.29, 0.717) is 17.6 Å². The van der Waals surface area contributed by atoms with E-state index in [0.717, 1.165) is 12.1 Å². The lowest BCUT2D eigenvalue weighted by atomic mass is 10.2. The van der Waals surface area contributed by atoms with Gasteiger partial charge in [-0.1, -0.05) is 0 Å². The second-order valence-corrected chi connectivity index (χ2v) is 3.16. The minimum atomic E-state index is -4.31. The van der Waals surface area contributed by atoms with Crippen molar-refractivity contribution in [3.8, 4) is 0 Å². The molecule has 15 heavy (non-hydrogen) atoms. The summed E-state index contributed by atoms with van der Waals surface area (Å²) in [5.74, 6) is 0. The lowest BCUT2D eigenvalue weighted by Crippen LogP contribution is -2.05. The topological polar surface area (TPSA) is 19.0 Å². The van der Waals surface area contributed by atoms with E-state index >= 15 is 0 Å². The van der Waals surface area contributed by atoms with Crippen LogP contribution < -0.4 is 4.98 Å². The van der Waals surface area contributed by atoms with Crippen LogP contribution in [0.5, 0.6) is 0 Å². The van der Waals surface area contributed by atoms with Crippen LogP contribution in [0.15, 0.2) is 18.2 Å². The maximum atomic E-state index is 12.4. The van der Waals surface area contributed by atoms with E-state index in [9.17, 15) is 13.2 Å². The Labute approximate surface area is 84.3 Å². The molecule has 78 valence electrons. The predicted molar refractivity (Wildman–Crippen MR) is 47.0 cm³/mol. The lowest BCUT2D eigenvalue weighted by molar-refractivity contribution is -0.258. The molecule has 0 aliphatic heterocycles. The average Bonchev–Trinajstić information content (AvgIpc) is 2.57. The number of aromatic nitrogens is 2. The number of benzene rings is 1. The quantitative estimate of drug-likeness (QED) is 0.709. The third-order valence-corrected chi connectivity index (χ3v) is 2.20. The van der Waals surface area contributed by atoms with Crippen molar-refractivity contribution in [2.45, 2.75) is 19.6 Å². The summed E-state index contributed by atoms with van der Waals surface area (Å²) >= 11 is 0. The molecule has 0 unspecified atom stereocenters. The summed E-state index contributed by atoms with van der Waals surface area (Å²) < 4.78 is 38.8. The Morgan fingerprint density at radius 1 is 1.40 bits per heavy atom. The fraction of sp³-hybridized carbons (Fsp3) is 0.300. The molecule has 0 fully saturated rings. The van der Waals surface area contributed by atoms with Crippen LogP contribution in [0.3, 0.4) is 0 Å². The first-order valence-electron chi connectivity index (χ1n) is 4.47. The molecular formula is C10H8F3N2+. The van der Waals surface area contributed by atoms with Crippen molar-refractivity contribution in [1.29, 1.82) is 0 Å². The van der Waals surface area contributed by atoms with Crippen LogP contribution in [-0.4, -0.2) is 4.57 Å². The molecule has 0 saturated carbocycles. The van der Waals surface area contributed by atoms with Gasteiger partial charge < -0.3 is 0 Å². The molecule has 1 aromatic carbocycles. The first-order chi connectivity index (χ1) is 7.02. The van der Waals surface area contributed by atoms with Crippen LogP contribution in [-0.2, 0) is 12.7 Å². The van der Waals surface area contributed by atoms with Gasteiger partial charge in [-0.05, 0) is 13.0 Å². The largest absolute Gasteiger partial charge is 0.416 e. The Kier molecular flexibility index (Phi) is 2.07. The van der Waals surface area contributed by atoms with Gasteiger partial charge >= 0.3 is 12.5 Å². The molecule has 0 radical (unpaired) electrons. The summed E-state index contributed by atoms with van der Waals surface area (Å²) in [4.78, 5) is 3.88. The molecule has 2 rings (SSSR count). The molecule has 0 saturated heterocycles. The van der Waals surface area contributed by atoms with Crippen molar-refractivity contribution in [1.82, 2.24) is 4.57 Å². The molecule has 0 bridgehead atoms. The van der Waals surface area contributed by atoms with Crippen molar-refractivity contribution in [2.24, 2.45) is 0 Å². The number of nitrogens with zero attached hydrogens (tertiary/aromatic N) is 2. The summed E-state index contributed by atoms with van der Waals surface area (Å²) in [6, 6.07) is 3.49. The summed E-state index contributed by atoms with van der Waals surface area (Å²) in [7, 11) is 0. The molecule has 1 aromatic heterocycles. The first kappa shape index (κ1) is 9.84. The van der Waals surface area contributed by atoms with Gasteiger partial charge in [0.15, 0.2) is 0 Å². The number of alkyl halides is 3. The fourth-order valence-electron chi connectivity index (χ4n) is 1.42. The number of rotatable bonds is 1. The van der Waals surface area contributed by atoms with Crippen molar-refractivity contribution >= 4 is 11.0 Å². The first-order valence-corrected chi connectivity index (χ1v) is 4.47. The van der Waals surface area contributed by atoms with Crippen molar-refractivity contribution in [3.05, 3.63) is 30.1 Å². The Balaban J connectivity index is 2.63. The summed E-state index contributed by atoms with van der Waals surface area (Å²) in [5, 5.41) is 0. The Bertz CT molecular complexity index is 485. The van der Waals surface area contributed by atoms with Crippen LogP contribution in [0.1, 0.15) is 12.5 Å². The minimum Gasteiger partial charge on any atom is -0.169 e. The van der Waals surface area contributed by atoms with E-state index in [-0.39, 0.29) is 0 Å². The standard InChI is InChI=1S/C10H8F3N2/c1-2-15-6-14-8-4-3-7(5-9(8)15)10(11,12)13/h3-5H,2H2,1H3/q+1. The molecule has 0 aliphatic carbocycles. The Morgan fingerprint density at radius 2 is 2.13 bits per heavy atom. The molecule has 0 atom stereocenters. The van der Waals surface area contributed by atoms with Crippen LogP contribution in [0.25, 0.3) is 11.0 Å². The van der Waals surface area contributed by atoms with Crippen molar-refractivity contribution in [3.63, 3.8) is 0 Å². The maximum Gasteiger partial charge on any atom is 0.416 e. The highest BCUT2D eigenvalue weighted by Gasteiger charge is 2.31. The van der Waals surface area contributed by atoms with Gasteiger partial charge in [-0.2, -0.15) is 22.7 Å². The van der Waals surface area contributed by atoms with E-state index in [1.165, 1.54) is 6.07 Å². The molecule has 2 aromatic rings. The SMILES string of the molecule is CCn1c#[n+]c2ccc(C(F)(F)F)cc21. The van der Waals surface area contributed by atoms with Gasteiger partial charge in [-0.15, -0.1) is 0 Å². The second-order valence-electron chi connectivity index (χ2n) is 3.16. The third-order valence-electron chi connectivity index (χ3n) is 2.20. The second kappa shape index (κ2) is 3.16. The van der Waals surface area contributed by atoms with Crippen LogP contribution in [0, 0.1) is 6.33 Å². The molecule has 0 N–H and O–H groups in total. The van der Waals surface area contributed by atoms with Crippen LogP contribution in [0.2, 0.25) is 0 Å². The summed E-state index contributed by atoms with van der Waals surface area (Å²) in [6.45, 7) is 2.38. The van der Waals surface area contributed by atoms with E-state index in [2.05, 4.69) is 11.3 Å². The normalized spacial score (nSPS) is 11.7. The van der Waals surface area contributed by atoms with Gasteiger partial charge in [0.1, 0.15) is 0 Å². The third kappa shape index (κ3) is 1.63. The Hall–Kier alpha value is -1.70. The molecule has 5 heteroatoms. The van der Waals surface area contributed by atoms with Gasteiger partial charge in [0.25, 0.3) is 5.52 Å². The van der Waals surface area contributed by atoms with Gasteiger partial charge in [-0.25, -0.2) is 0 Å². The van der Waals surface area contributed by atoms with Crippen LogP contribution >= 0.6 is 0 Å². The number of fused-ring (bicyclic) bond motifs is 1. The van der Waals surface area contributed by atoms with Gasteiger partial charge in [0.05, 0.1) is 12.1 Å². The number of aryl methyl sites for hydroxylation is 1. The van der Waals surface area contributed by atoms with Gasteiger partial charge in [-0.3, -0.25) is 0 Å². The van der Waals surface area contributed by atoms with Gasteiger partial charge in [0, 0.05) is 12.1 Å². The Morgan fingerprint density at radius 3 is 2.73 bits per heavy atom.